The summed E-state index contributed by atoms with van der Waals surface area (Å²) in [6.07, 6.45) is 0. The van der Waals surface area contributed by atoms with Gasteiger partial charge in [0.05, 0.1) is 6.04 Å². The molecule has 0 saturated heterocycles. The number of hydrogen-bond acceptors (Lipinski definition) is 2. The second-order valence-corrected chi connectivity index (χ2v) is 5.60. The van der Waals surface area contributed by atoms with Gasteiger partial charge in [-0.2, -0.15) is 0 Å². The lowest BCUT2D eigenvalue weighted by molar-refractivity contribution is -0.123. The number of carbonyl (C=O) groups excluding carboxylic acids is 1. The van der Waals surface area contributed by atoms with E-state index in [0.717, 1.165) is 17.7 Å². The first-order valence-electron chi connectivity index (χ1n) is 7.00. The summed E-state index contributed by atoms with van der Waals surface area (Å²) < 4.78 is 31.5. The van der Waals surface area contributed by atoms with E-state index >= 15 is 0 Å². The fourth-order valence-electron chi connectivity index (χ4n) is 2.07. The molecule has 0 saturated carbocycles. The Morgan fingerprint density at radius 3 is 2.61 bits per heavy atom. The molecule has 1 N–H and O–H groups in total. The van der Waals surface area contributed by atoms with Crippen LogP contribution in [0.4, 0.5) is 8.78 Å². The Morgan fingerprint density at radius 1 is 1.22 bits per heavy atom. The van der Waals surface area contributed by atoms with Crippen LogP contribution in [0, 0.1) is 18.6 Å². The summed E-state index contributed by atoms with van der Waals surface area (Å²) in [5.41, 5.74) is 1.29. The average Bonchev–Trinajstić information content (AvgIpc) is 2.49. The first kappa shape index (κ1) is 17.2. The van der Waals surface area contributed by atoms with Crippen molar-refractivity contribution in [2.75, 3.05) is 6.61 Å². The lowest BCUT2D eigenvalue weighted by Crippen LogP contribution is -2.31. The Morgan fingerprint density at radius 2 is 1.96 bits per heavy atom. The van der Waals surface area contributed by atoms with Crippen molar-refractivity contribution in [3.63, 3.8) is 0 Å². The maximum atomic E-state index is 13.2. The molecule has 2 aromatic carbocycles. The van der Waals surface area contributed by atoms with E-state index in [0.29, 0.717) is 16.3 Å². The number of aryl methyl sites for hydroxylation is 1. The molecule has 122 valence electrons. The molecular formula is C17H16ClF2NO2. The molecule has 0 radical (unpaired) electrons. The number of rotatable bonds is 5. The minimum atomic E-state index is -0.948. The van der Waals surface area contributed by atoms with Crippen LogP contribution in [0.1, 0.15) is 24.1 Å². The predicted octanol–water partition coefficient (Wildman–Crippen LogP) is 4.18. The molecule has 23 heavy (non-hydrogen) atoms. The predicted molar refractivity (Wildman–Crippen MR) is 84.6 cm³/mol. The normalized spacial score (nSPS) is 11.9. The lowest BCUT2D eigenvalue weighted by Gasteiger charge is -2.15. The van der Waals surface area contributed by atoms with Crippen molar-refractivity contribution in [3.8, 4) is 5.75 Å². The zero-order valence-corrected chi connectivity index (χ0v) is 13.5. The molecule has 1 atom stereocenters. The van der Waals surface area contributed by atoms with Gasteiger partial charge in [-0.3, -0.25) is 4.79 Å². The first-order valence-corrected chi connectivity index (χ1v) is 7.38. The third kappa shape index (κ3) is 4.66. The zero-order chi connectivity index (χ0) is 17.0. The van der Waals surface area contributed by atoms with Crippen molar-refractivity contribution in [2.24, 2.45) is 0 Å². The molecule has 0 aliphatic rings. The second-order valence-electron chi connectivity index (χ2n) is 5.16. The van der Waals surface area contributed by atoms with Gasteiger partial charge in [-0.15, -0.1) is 0 Å². The van der Waals surface area contributed by atoms with Gasteiger partial charge in [-0.05, 0) is 55.3 Å². The molecule has 0 aliphatic heterocycles. The number of hydrogen-bond donors (Lipinski definition) is 1. The van der Waals surface area contributed by atoms with Crippen LogP contribution in [-0.4, -0.2) is 12.5 Å². The molecule has 2 aromatic rings. The van der Waals surface area contributed by atoms with Gasteiger partial charge in [0.2, 0.25) is 0 Å². The van der Waals surface area contributed by atoms with Gasteiger partial charge in [0.1, 0.15) is 5.75 Å². The van der Waals surface area contributed by atoms with Crippen molar-refractivity contribution in [2.45, 2.75) is 19.9 Å². The molecule has 0 aliphatic carbocycles. The van der Waals surface area contributed by atoms with Crippen molar-refractivity contribution >= 4 is 17.5 Å². The van der Waals surface area contributed by atoms with Gasteiger partial charge in [0, 0.05) is 5.02 Å². The van der Waals surface area contributed by atoms with Crippen molar-refractivity contribution in [1.82, 2.24) is 5.32 Å². The summed E-state index contributed by atoms with van der Waals surface area (Å²) in [4.78, 5) is 11.9. The Kier molecular flexibility index (Phi) is 5.55. The van der Waals surface area contributed by atoms with Crippen LogP contribution in [0.2, 0.25) is 5.02 Å². The number of amides is 1. The highest BCUT2D eigenvalue weighted by atomic mass is 35.5. The maximum Gasteiger partial charge on any atom is 0.258 e. The largest absolute Gasteiger partial charge is 0.484 e. The number of benzene rings is 2. The van der Waals surface area contributed by atoms with Crippen molar-refractivity contribution in [3.05, 3.63) is 64.2 Å². The molecule has 2 rings (SSSR count). The number of halogens is 3. The van der Waals surface area contributed by atoms with E-state index in [4.69, 9.17) is 16.3 Å². The maximum absolute atomic E-state index is 13.2. The summed E-state index contributed by atoms with van der Waals surface area (Å²) in [6.45, 7) is 3.32. The Hall–Kier alpha value is -2.14. The summed E-state index contributed by atoms with van der Waals surface area (Å²) in [6, 6.07) is 8.14. The van der Waals surface area contributed by atoms with Crippen LogP contribution in [-0.2, 0) is 4.79 Å². The van der Waals surface area contributed by atoms with E-state index in [9.17, 15) is 13.6 Å². The minimum absolute atomic E-state index is 0.184. The Bertz CT molecular complexity index is 722. The van der Waals surface area contributed by atoms with Crippen molar-refractivity contribution < 1.29 is 18.3 Å². The quantitative estimate of drug-likeness (QED) is 0.887. The Balaban J connectivity index is 1.92. The summed E-state index contributed by atoms with van der Waals surface area (Å²) in [5, 5.41) is 3.25. The molecule has 0 heterocycles. The topological polar surface area (TPSA) is 38.3 Å². The van der Waals surface area contributed by atoms with Crippen LogP contribution >= 0.6 is 11.6 Å². The second kappa shape index (κ2) is 7.42. The summed E-state index contributed by atoms with van der Waals surface area (Å²) in [7, 11) is 0. The molecular weight excluding hydrogens is 324 g/mol. The van der Waals surface area contributed by atoms with E-state index in [1.807, 2.05) is 6.92 Å². The van der Waals surface area contributed by atoms with E-state index in [1.54, 1.807) is 25.1 Å². The highest BCUT2D eigenvalue weighted by Crippen LogP contribution is 2.22. The van der Waals surface area contributed by atoms with Gasteiger partial charge in [-0.1, -0.05) is 17.7 Å². The van der Waals surface area contributed by atoms with Crippen molar-refractivity contribution in [1.29, 1.82) is 0 Å². The van der Waals surface area contributed by atoms with Crippen LogP contribution in [0.15, 0.2) is 36.4 Å². The smallest absolute Gasteiger partial charge is 0.258 e. The van der Waals surface area contributed by atoms with Gasteiger partial charge in [0.25, 0.3) is 5.91 Å². The lowest BCUT2D eigenvalue weighted by atomic mass is 10.1. The van der Waals surface area contributed by atoms with Crippen LogP contribution in [0.5, 0.6) is 5.75 Å². The van der Waals surface area contributed by atoms with E-state index in [1.165, 1.54) is 6.07 Å². The summed E-state index contributed by atoms with van der Waals surface area (Å²) >= 11 is 5.85. The fraction of sp³-hybridized carbons (Fsp3) is 0.235. The molecule has 6 heteroatoms. The van der Waals surface area contributed by atoms with E-state index < -0.39 is 17.7 Å². The van der Waals surface area contributed by atoms with Gasteiger partial charge >= 0.3 is 0 Å². The van der Waals surface area contributed by atoms with E-state index in [-0.39, 0.29) is 12.5 Å². The minimum Gasteiger partial charge on any atom is -0.484 e. The Labute approximate surface area is 138 Å². The molecule has 0 spiro atoms. The number of nitrogens with one attached hydrogen (secondary N) is 1. The van der Waals surface area contributed by atoms with Crippen LogP contribution < -0.4 is 10.1 Å². The first-order chi connectivity index (χ1) is 10.9. The molecule has 0 fully saturated rings. The molecule has 1 unspecified atom stereocenters. The van der Waals surface area contributed by atoms with Gasteiger partial charge < -0.3 is 10.1 Å². The van der Waals surface area contributed by atoms with Crippen LogP contribution in [0.3, 0.4) is 0 Å². The summed E-state index contributed by atoms with van der Waals surface area (Å²) in [5.74, 6) is -1.67. The average molecular weight is 340 g/mol. The molecule has 0 bridgehead atoms. The van der Waals surface area contributed by atoms with E-state index in [2.05, 4.69) is 5.32 Å². The zero-order valence-electron chi connectivity index (χ0n) is 12.7. The number of carbonyl (C=O) groups is 1. The highest BCUT2D eigenvalue weighted by molar-refractivity contribution is 6.30. The third-order valence-electron chi connectivity index (χ3n) is 3.32. The third-order valence-corrected chi connectivity index (χ3v) is 3.55. The fourth-order valence-corrected chi connectivity index (χ4v) is 2.29. The number of ether oxygens (including phenoxy) is 1. The monoisotopic (exact) mass is 339 g/mol. The molecule has 3 nitrogen and oxygen atoms in total. The van der Waals surface area contributed by atoms with Gasteiger partial charge in [-0.25, -0.2) is 8.78 Å². The molecule has 1 amide bonds. The van der Waals surface area contributed by atoms with Crippen LogP contribution in [0.25, 0.3) is 0 Å². The highest BCUT2D eigenvalue weighted by Gasteiger charge is 2.13. The molecule has 0 aromatic heterocycles. The SMILES string of the molecule is Cc1cc(Cl)ccc1OCC(=O)NC(C)c1ccc(F)c(F)c1. The standard InChI is InChI=1S/C17H16ClF2NO2/c1-10-7-13(18)4-6-16(10)23-9-17(22)21-11(2)12-3-5-14(19)15(20)8-12/h3-8,11H,9H2,1-2H3,(H,21,22). The van der Waals surface area contributed by atoms with Gasteiger partial charge in [0.15, 0.2) is 18.2 Å².